The third-order valence-electron chi connectivity index (χ3n) is 5.99. The van der Waals surface area contributed by atoms with Gasteiger partial charge in [0.25, 0.3) is 0 Å². The van der Waals surface area contributed by atoms with E-state index in [-0.39, 0.29) is 0 Å². The maximum atomic E-state index is 9.69. The Hall–Kier alpha value is -3.76. The lowest BCUT2D eigenvalue weighted by Crippen LogP contribution is -2.12. The largest absolute Gasteiger partial charge is 0.496 e. The molecule has 0 saturated carbocycles. The second kappa shape index (κ2) is 11.7. The van der Waals surface area contributed by atoms with E-state index >= 15 is 0 Å². The van der Waals surface area contributed by atoms with Gasteiger partial charge in [0.1, 0.15) is 11.5 Å². The molecule has 0 fully saturated rings. The molecule has 3 aromatic rings. The molecule has 0 aromatic heterocycles. The predicted octanol–water partition coefficient (Wildman–Crippen LogP) is 7.37. The number of hydrogen-bond donors (Lipinski definition) is 0. The van der Waals surface area contributed by atoms with Crippen LogP contribution < -0.4 is 9.47 Å². The van der Waals surface area contributed by atoms with Crippen molar-refractivity contribution in [2.45, 2.75) is 39.5 Å². The zero-order valence-electron chi connectivity index (χ0n) is 19.6. The van der Waals surface area contributed by atoms with Crippen molar-refractivity contribution in [2.75, 3.05) is 13.7 Å². The standard InChI is InChI=1S/C29H30N2O2/c1-4-6-11-21(5-2)20-33-29-17-26(24-14-9-7-12-22(24)18-30)28(32-3)16-27(29)25-15-10-8-13-23(25)19-31/h7-10,12-17,21H,4-6,11,20H2,1-3H3. The molecule has 4 nitrogen and oxygen atoms in total. The summed E-state index contributed by atoms with van der Waals surface area (Å²) in [5, 5.41) is 19.3. The summed E-state index contributed by atoms with van der Waals surface area (Å²) in [6.07, 6.45) is 4.51. The normalized spacial score (nSPS) is 11.3. The van der Waals surface area contributed by atoms with E-state index in [1.807, 2.05) is 48.5 Å². The van der Waals surface area contributed by atoms with Crippen LogP contribution in [-0.2, 0) is 0 Å². The number of ether oxygens (including phenoxy) is 2. The number of hydrogen-bond acceptors (Lipinski definition) is 4. The molecule has 0 spiro atoms. The van der Waals surface area contributed by atoms with Crippen molar-refractivity contribution in [3.8, 4) is 45.9 Å². The number of rotatable bonds is 10. The van der Waals surface area contributed by atoms with Crippen molar-refractivity contribution in [1.29, 1.82) is 10.5 Å². The number of nitriles is 2. The number of benzene rings is 3. The quantitative estimate of drug-likeness (QED) is 0.331. The van der Waals surface area contributed by atoms with Crippen LogP contribution in [0.1, 0.15) is 50.7 Å². The first-order valence-corrected chi connectivity index (χ1v) is 11.5. The third kappa shape index (κ3) is 5.54. The molecule has 0 aliphatic heterocycles. The van der Waals surface area contributed by atoms with Crippen LogP contribution in [0.4, 0.5) is 0 Å². The maximum absolute atomic E-state index is 9.69. The minimum absolute atomic E-state index is 0.459. The Morgan fingerprint density at radius 1 is 0.788 bits per heavy atom. The van der Waals surface area contributed by atoms with Gasteiger partial charge >= 0.3 is 0 Å². The first kappa shape index (κ1) is 23.9. The first-order chi connectivity index (χ1) is 16.2. The molecule has 33 heavy (non-hydrogen) atoms. The number of nitrogens with zero attached hydrogens (tertiary/aromatic N) is 2. The second-order valence-corrected chi connectivity index (χ2v) is 8.09. The van der Waals surface area contributed by atoms with Crippen molar-refractivity contribution in [1.82, 2.24) is 0 Å². The Morgan fingerprint density at radius 2 is 1.33 bits per heavy atom. The highest BCUT2D eigenvalue weighted by Crippen LogP contribution is 2.43. The Kier molecular flexibility index (Phi) is 8.50. The summed E-state index contributed by atoms with van der Waals surface area (Å²) in [5.74, 6) is 1.78. The summed E-state index contributed by atoms with van der Waals surface area (Å²) in [6, 6.07) is 23.4. The van der Waals surface area contributed by atoms with Crippen molar-refractivity contribution in [3.63, 3.8) is 0 Å². The van der Waals surface area contributed by atoms with Gasteiger partial charge in [-0.3, -0.25) is 0 Å². The molecule has 0 aliphatic carbocycles. The van der Waals surface area contributed by atoms with Crippen molar-refractivity contribution in [2.24, 2.45) is 5.92 Å². The molecule has 0 N–H and O–H groups in total. The molecule has 0 heterocycles. The molecule has 168 valence electrons. The van der Waals surface area contributed by atoms with E-state index in [1.54, 1.807) is 19.2 Å². The van der Waals surface area contributed by atoms with E-state index < -0.39 is 0 Å². The Balaban J connectivity index is 2.16. The van der Waals surface area contributed by atoms with Crippen molar-refractivity contribution < 1.29 is 9.47 Å². The molecule has 0 saturated heterocycles. The smallest absolute Gasteiger partial charge is 0.128 e. The van der Waals surface area contributed by atoms with E-state index in [1.165, 1.54) is 6.42 Å². The average Bonchev–Trinajstić information content (AvgIpc) is 2.88. The van der Waals surface area contributed by atoms with E-state index in [2.05, 4.69) is 26.0 Å². The summed E-state index contributed by atoms with van der Waals surface area (Å²) < 4.78 is 12.2. The van der Waals surface area contributed by atoms with E-state index in [4.69, 9.17) is 9.47 Å². The summed E-state index contributed by atoms with van der Waals surface area (Å²) in [7, 11) is 1.62. The van der Waals surface area contributed by atoms with E-state index in [0.717, 1.165) is 41.5 Å². The fourth-order valence-corrected chi connectivity index (χ4v) is 4.01. The fourth-order valence-electron chi connectivity index (χ4n) is 4.01. The van der Waals surface area contributed by atoms with Crippen LogP contribution in [0.25, 0.3) is 22.3 Å². The van der Waals surface area contributed by atoms with Gasteiger partial charge in [-0.05, 0) is 36.6 Å². The molecular formula is C29H30N2O2. The monoisotopic (exact) mass is 438 g/mol. The minimum Gasteiger partial charge on any atom is -0.496 e. The Labute approximate surface area is 197 Å². The van der Waals surface area contributed by atoms with Crippen molar-refractivity contribution in [3.05, 3.63) is 71.8 Å². The van der Waals surface area contributed by atoms with Crippen LogP contribution in [0.15, 0.2) is 60.7 Å². The van der Waals surface area contributed by atoms with E-state index in [0.29, 0.717) is 35.2 Å². The third-order valence-corrected chi connectivity index (χ3v) is 5.99. The SMILES string of the molecule is CCCCC(CC)COc1cc(-c2ccccc2C#N)c(OC)cc1-c1ccccc1C#N. The summed E-state index contributed by atoms with van der Waals surface area (Å²) in [6.45, 7) is 5.00. The van der Waals surface area contributed by atoms with Crippen LogP contribution in [0.5, 0.6) is 11.5 Å². The van der Waals surface area contributed by atoms with Crippen LogP contribution in [0, 0.1) is 28.6 Å². The highest BCUT2D eigenvalue weighted by Gasteiger charge is 2.19. The van der Waals surface area contributed by atoms with Crippen LogP contribution >= 0.6 is 0 Å². The average molecular weight is 439 g/mol. The minimum atomic E-state index is 0.459. The van der Waals surface area contributed by atoms with Crippen LogP contribution in [0.3, 0.4) is 0 Å². The lowest BCUT2D eigenvalue weighted by Gasteiger charge is -2.21. The molecule has 3 rings (SSSR count). The molecule has 0 amide bonds. The van der Waals surface area contributed by atoms with Crippen LogP contribution in [-0.4, -0.2) is 13.7 Å². The van der Waals surface area contributed by atoms with Gasteiger partial charge in [-0.1, -0.05) is 69.5 Å². The van der Waals surface area contributed by atoms with Gasteiger partial charge in [0, 0.05) is 22.3 Å². The lowest BCUT2D eigenvalue weighted by atomic mass is 9.93. The second-order valence-electron chi connectivity index (χ2n) is 8.09. The van der Waals surface area contributed by atoms with E-state index in [9.17, 15) is 10.5 Å². The molecule has 0 aliphatic rings. The van der Waals surface area contributed by atoms with Gasteiger partial charge in [-0.15, -0.1) is 0 Å². The van der Waals surface area contributed by atoms with Crippen molar-refractivity contribution >= 4 is 0 Å². The van der Waals surface area contributed by atoms with Gasteiger partial charge in [0.05, 0.1) is 37.0 Å². The lowest BCUT2D eigenvalue weighted by molar-refractivity contribution is 0.234. The molecule has 4 heteroatoms. The predicted molar refractivity (Wildman–Crippen MR) is 132 cm³/mol. The number of methoxy groups -OCH3 is 1. The zero-order chi connectivity index (χ0) is 23.6. The Morgan fingerprint density at radius 3 is 1.85 bits per heavy atom. The summed E-state index contributed by atoms with van der Waals surface area (Å²) >= 11 is 0. The molecule has 0 radical (unpaired) electrons. The molecule has 1 atom stereocenters. The zero-order valence-corrected chi connectivity index (χ0v) is 19.6. The fraction of sp³-hybridized carbons (Fsp3) is 0.310. The molecule has 1 unspecified atom stereocenters. The highest BCUT2D eigenvalue weighted by molar-refractivity contribution is 5.85. The van der Waals surface area contributed by atoms with Gasteiger partial charge in [-0.2, -0.15) is 10.5 Å². The molecule has 3 aromatic carbocycles. The van der Waals surface area contributed by atoms with Gasteiger partial charge in [-0.25, -0.2) is 0 Å². The highest BCUT2D eigenvalue weighted by atomic mass is 16.5. The number of unbranched alkanes of at least 4 members (excludes halogenated alkanes) is 1. The van der Waals surface area contributed by atoms with Gasteiger partial charge in [0.15, 0.2) is 0 Å². The maximum Gasteiger partial charge on any atom is 0.128 e. The first-order valence-electron chi connectivity index (χ1n) is 11.5. The summed E-state index contributed by atoms with van der Waals surface area (Å²) in [4.78, 5) is 0. The van der Waals surface area contributed by atoms with Crippen LogP contribution in [0.2, 0.25) is 0 Å². The topological polar surface area (TPSA) is 66.0 Å². The van der Waals surface area contributed by atoms with Gasteiger partial charge in [0.2, 0.25) is 0 Å². The Bertz CT molecular complexity index is 1170. The molecular weight excluding hydrogens is 408 g/mol. The molecule has 0 bridgehead atoms. The summed E-state index contributed by atoms with van der Waals surface area (Å²) in [5.41, 5.74) is 4.35. The van der Waals surface area contributed by atoms with Gasteiger partial charge < -0.3 is 9.47 Å².